The molecular weight excluding hydrogens is 290 g/mol. The van der Waals surface area contributed by atoms with Gasteiger partial charge in [0.2, 0.25) is 0 Å². The molecular formula is C19H25NOS. The van der Waals surface area contributed by atoms with Gasteiger partial charge in [-0.25, -0.2) is 0 Å². The van der Waals surface area contributed by atoms with Gasteiger partial charge in [0.15, 0.2) is 0 Å². The van der Waals surface area contributed by atoms with Crippen molar-refractivity contribution in [3.05, 3.63) is 65.7 Å². The maximum absolute atomic E-state index is 10.4. The van der Waals surface area contributed by atoms with Crippen LogP contribution in [0.4, 0.5) is 0 Å². The van der Waals surface area contributed by atoms with Crippen LogP contribution in [-0.2, 0) is 6.54 Å². The Bertz CT molecular complexity index is 541. The third kappa shape index (κ3) is 5.16. The van der Waals surface area contributed by atoms with Crippen LogP contribution in [0.5, 0.6) is 0 Å². The molecule has 0 amide bonds. The lowest BCUT2D eigenvalue weighted by Gasteiger charge is -2.22. The van der Waals surface area contributed by atoms with E-state index in [1.807, 2.05) is 18.2 Å². The summed E-state index contributed by atoms with van der Waals surface area (Å²) in [5.41, 5.74) is 2.33. The second-order valence-corrected chi connectivity index (χ2v) is 6.31. The Balaban J connectivity index is 1.86. The first-order valence-corrected chi connectivity index (χ1v) is 9.03. The van der Waals surface area contributed by atoms with Gasteiger partial charge in [0, 0.05) is 18.0 Å². The van der Waals surface area contributed by atoms with Gasteiger partial charge in [-0.3, -0.25) is 4.90 Å². The van der Waals surface area contributed by atoms with E-state index in [-0.39, 0.29) is 6.10 Å². The molecule has 118 valence electrons. The van der Waals surface area contributed by atoms with Gasteiger partial charge in [-0.1, -0.05) is 49.4 Å². The Morgan fingerprint density at radius 1 is 1.05 bits per heavy atom. The van der Waals surface area contributed by atoms with Gasteiger partial charge in [0.05, 0.1) is 6.10 Å². The Morgan fingerprint density at radius 3 is 2.32 bits per heavy atom. The summed E-state index contributed by atoms with van der Waals surface area (Å²) in [4.78, 5) is 3.60. The minimum atomic E-state index is -0.388. The van der Waals surface area contributed by atoms with Gasteiger partial charge in [-0.2, -0.15) is 0 Å². The van der Waals surface area contributed by atoms with Crippen LogP contribution in [-0.4, -0.2) is 29.4 Å². The number of thioether (sulfide) groups is 1. The lowest BCUT2D eigenvalue weighted by Crippen LogP contribution is -2.25. The minimum absolute atomic E-state index is 0.388. The Kier molecular flexibility index (Phi) is 6.97. The van der Waals surface area contributed by atoms with Gasteiger partial charge >= 0.3 is 0 Å². The molecule has 1 atom stereocenters. The molecule has 1 N–H and O–H groups in total. The molecule has 2 rings (SSSR count). The first kappa shape index (κ1) is 17.1. The monoisotopic (exact) mass is 315 g/mol. The molecule has 0 aliphatic carbocycles. The molecule has 0 aliphatic rings. The molecule has 0 radical (unpaired) electrons. The van der Waals surface area contributed by atoms with Gasteiger partial charge in [-0.15, -0.1) is 11.8 Å². The molecule has 0 bridgehead atoms. The van der Waals surface area contributed by atoms with Crippen LogP contribution in [0.3, 0.4) is 0 Å². The van der Waals surface area contributed by atoms with E-state index in [1.54, 1.807) is 11.8 Å². The van der Waals surface area contributed by atoms with Crippen LogP contribution in [0, 0.1) is 0 Å². The first-order chi connectivity index (χ1) is 10.7. The summed E-state index contributed by atoms with van der Waals surface area (Å²) < 4.78 is 0. The molecule has 22 heavy (non-hydrogen) atoms. The maximum atomic E-state index is 10.4. The summed E-state index contributed by atoms with van der Waals surface area (Å²) >= 11 is 1.72. The van der Waals surface area contributed by atoms with Crippen molar-refractivity contribution in [1.82, 2.24) is 4.90 Å². The van der Waals surface area contributed by atoms with Crippen molar-refractivity contribution < 1.29 is 5.11 Å². The van der Waals surface area contributed by atoms with E-state index in [2.05, 4.69) is 54.5 Å². The number of nitrogens with zero attached hydrogens (tertiary/aromatic N) is 1. The molecule has 0 saturated heterocycles. The van der Waals surface area contributed by atoms with Gasteiger partial charge in [0.25, 0.3) is 0 Å². The topological polar surface area (TPSA) is 23.5 Å². The Hall–Kier alpha value is -1.29. The lowest BCUT2D eigenvalue weighted by molar-refractivity contribution is 0.141. The standard InChI is InChI=1S/C19H25NOS/c1-3-20(15-16-7-5-4-6-8-16)14-13-19(21)17-9-11-18(22-2)12-10-17/h4-12,19,21H,3,13-15H2,1-2H3. The average Bonchev–Trinajstić information content (AvgIpc) is 2.59. The Morgan fingerprint density at radius 2 is 1.73 bits per heavy atom. The van der Waals surface area contributed by atoms with E-state index in [4.69, 9.17) is 0 Å². The number of hydrogen-bond donors (Lipinski definition) is 1. The van der Waals surface area contributed by atoms with E-state index in [0.29, 0.717) is 0 Å². The van der Waals surface area contributed by atoms with E-state index in [9.17, 15) is 5.11 Å². The van der Waals surface area contributed by atoms with Crippen molar-refractivity contribution in [1.29, 1.82) is 0 Å². The summed E-state index contributed by atoms with van der Waals surface area (Å²) in [6.45, 7) is 5.00. The zero-order valence-corrected chi connectivity index (χ0v) is 14.2. The van der Waals surface area contributed by atoms with Crippen LogP contribution in [0.1, 0.15) is 30.6 Å². The predicted octanol–water partition coefficient (Wildman–Crippen LogP) is 4.35. The highest BCUT2D eigenvalue weighted by Crippen LogP contribution is 2.21. The van der Waals surface area contributed by atoms with Crippen molar-refractivity contribution in [3.63, 3.8) is 0 Å². The number of aliphatic hydroxyl groups excluding tert-OH is 1. The fourth-order valence-electron chi connectivity index (χ4n) is 2.49. The van der Waals surface area contributed by atoms with Crippen LogP contribution >= 0.6 is 11.8 Å². The van der Waals surface area contributed by atoms with Gasteiger partial charge in [-0.05, 0) is 42.5 Å². The summed E-state index contributed by atoms with van der Waals surface area (Å²) in [5.74, 6) is 0. The van der Waals surface area contributed by atoms with E-state index < -0.39 is 0 Å². The minimum Gasteiger partial charge on any atom is -0.388 e. The quantitative estimate of drug-likeness (QED) is 0.732. The number of hydrogen-bond acceptors (Lipinski definition) is 3. The van der Waals surface area contributed by atoms with Crippen LogP contribution in [0.2, 0.25) is 0 Å². The molecule has 0 saturated carbocycles. The molecule has 0 fully saturated rings. The van der Waals surface area contributed by atoms with Crippen molar-refractivity contribution in [3.8, 4) is 0 Å². The maximum Gasteiger partial charge on any atom is 0.0802 e. The fraction of sp³-hybridized carbons (Fsp3) is 0.368. The summed E-state index contributed by atoms with van der Waals surface area (Å²) in [6.07, 6.45) is 2.44. The highest BCUT2D eigenvalue weighted by atomic mass is 32.2. The second kappa shape index (κ2) is 8.99. The van der Waals surface area contributed by atoms with Crippen molar-refractivity contribution in [2.75, 3.05) is 19.3 Å². The van der Waals surface area contributed by atoms with Crippen molar-refractivity contribution >= 4 is 11.8 Å². The van der Waals surface area contributed by atoms with Crippen molar-refractivity contribution in [2.45, 2.75) is 30.9 Å². The average molecular weight is 315 g/mol. The summed E-state index contributed by atoms with van der Waals surface area (Å²) in [6, 6.07) is 18.7. The lowest BCUT2D eigenvalue weighted by atomic mass is 10.1. The first-order valence-electron chi connectivity index (χ1n) is 7.81. The van der Waals surface area contributed by atoms with Crippen molar-refractivity contribution in [2.24, 2.45) is 0 Å². The Labute approximate surface area is 138 Å². The van der Waals surface area contributed by atoms with Gasteiger partial charge in [0.1, 0.15) is 0 Å². The molecule has 2 nitrogen and oxygen atoms in total. The second-order valence-electron chi connectivity index (χ2n) is 5.43. The van der Waals surface area contributed by atoms with Crippen LogP contribution in [0.25, 0.3) is 0 Å². The summed E-state index contributed by atoms with van der Waals surface area (Å²) in [5, 5.41) is 10.4. The molecule has 0 aromatic heterocycles. The van der Waals surface area contributed by atoms with Crippen LogP contribution in [0.15, 0.2) is 59.5 Å². The third-order valence-corrected chi connectivity index (χ3v) is 4.66. The van der Waals surface area contributed by atoms with E-state index in [0.717, 1.165) is 31.6 Å². The SMILES string of the molecule is CCN(CCC(O)c1ccc(SC)cc1)Cc1ccccc1. The molecule has 2 aromatic carbocycles. The fourth-order valence-corrected chi connectivity index (χ4v) is 2.90. The molecule has 3 heteroatoms. The van der Waals surface area contributed by atoms with E-state index in [1.165, 1.54) is 10.5 Å². The third-order valence-electron chi connectivity index (χ3n) is 3.92. The zero-order chi connectivity index (χ0) is 15.8. The highest BCUT2D eigenvalue weighted by molar-refractivity contribution is 7.98. The van der Waals surface area contributed by atoms with Gasteiger partial charge < -0.3 is 5.11 Å². The number of rotatable bonds is 8. The zero-order valence-electron chi connectivity index (χ0n) is 13.4. The van der Waals surface area contributed by atoms with E-state index >= 15 is 0 Å². The highest BCUT2D eigenvalue weighted by Gasteiger charge is 2.10. The summed E-state index contributed by atoms with van der Waals surface area (Å²) in [7, 11) is 0. The smallest absolute Gasteiger partial charge is 0.0802 e. The molecule has 2 aromatic rings. The largest absolute Gasteiger partial charge is 0.388 e. The molecule has 0 aliphatic heterocycles. The van der Waals surface area contributed by atoms with Crippen LogP contribution < -0.4 is 0 Å². The number of aliphatic hydroxyl groups is 1. The molecule has 0 spiro atoms. The normalized spacial score (nSPS) is 12.5. The number of benzene rings is 2. The predicted molar refractivity (Wildman–Crippen MR) is 95.2 cm³/mol. The molecule has 1 unspecified atom stereocenters. The molecule has 0 heterocycles.